The van der Waals surface area contributed by atoms with E-state index in [1.165, 1.54) is 0 Å². The molecule has 1 aliphatic rings. The molecule has 0 aromatic carbocycles. The van der Waals surface area contributed by atoms with Crippen LogP contribution in [0.3, 0.4) is 0 Å². The average molecular weight is 248 g/mol. The molecule has 3 N–H and O–H groups in total. The fraction of sp³-hybridized carbons (Fsp3) is 0.417. The fourth-order valence-corrected chi connectivity index (χ4v) is 1.84. The zero-order chi connectivity index (χ0) is 12.8. The summed E-state index contributed by atoms with van der Waals surface area (Å²) in [5.41, 5.74) is 0.650. The standard InChI is InChI=1S/C12H16N4O2/c17-11-10(3-1-2-6-14-11)16-12(18)15-9-4-7-13-8-5-9/h4-5,7-8,10H,1-3,6H2,(H,14,17)(H2,13,15,16,18)/t10-/m1/s1. The van der Waals surface area contributed by atoms with Crippen molar-refractivity contribution in [3.05, 3.63) is 24.5 Å². The van der Waals surface area contributed by atoms with E-state index in [9.17, 15) is 9.59 Å². The number of rotatable bonds is 2. The van der Waals surface area contributed by atoms with Gasteiger partial charge in [0.2, 0.25) is 5.91 Å². The van der Waals surface area contributed by atoms with Crippen molar-refractivity contribution in [2.24, 2.45) is 0 Å². The largest absolute Gasteiger partial charge is 0.354 e. The molecule has 6 heteroatoms. The van der Waals surface area contributed by atoms with Crippen LogP contribution >= 0.6 is 0 Å². The summed E-state index contributed by atoms with van der Waals surface area (Å²) in [6.07, 6.45) is 5.74. The third-order valence-corrected chi connectivity index (χ3v) is 2.78. The summed E-state index contributed by atoms with van der Waals surface area (Å²) in [7, 11) is 0. The minimum Gasteiger partial charge on any atom is -0.354 e. The van der Waals surface area contributed by atoms with E-state index in [2.05, 4.69) is 20.9 Å². The summed E-state index contributed by atoms with van der Waals surface area (Å²) in [6, 6.07) is 2.55. The van der Waals surface area contributed by atoms with Crippen molar-refractivity contribution < 1.29 is 9.59 Å². The molecule has 18 heavy (non-hydrogen) atoms. The molecule has 0 radical (unpaired) electrons. The van der Waals surface area contributed by atoms with Gasteiger partial charge in [-0.1, -0.05) is 0 Å². The Hall–Kier alpha value is -2.11. The average Bonchev–Trinajstić information content (AvgIpc) is 2.56. The maximum absolute atomic E-state index is 11.7. The van der Waals surface area contributed by atoms with Crippen molar-refractivity contribution in [2.75, 3.05) is 11.9 Å². The van der Waals surface area contributed by atoms with Crippen LogP contribution in [0.4, 0.5) is 10.5 Å². The molecule has 1 saturated heterocycles. The maximum Gasteiger partial charge on any atom is 0.319 e. The zero-order valence-corrected chi connectivity index (χ0v) is 9.98. The molecule has 1 aromatic rings. The zero-order valence-electron chi connectivity index (χ0n) is 9.98. The highest BCUT2D eigenvalue weighted by molar-refractivity contribution is 5.93. The summed E-state index contributed by atoms with van der Waals surface area (Å²) >= 11 is 0. The second-order valence-corrected chi connectivity index (χ2v) is 4.17. The molecule has 1 aromatic heterocycles. The number of nitrogens with zero attached hydrogens (tertiary/aromatic N) is 1. The first kappa shape index (κ1) is 12.3. The highest BCUT2D eigenvalue weighted by Gasteiger charge is 2.22. The highest BCUT2D eigenvalue weighted by Crippen LogP contribution is 2.07. The molecule has 2 rings (SSSR count). The molecule has 0 bridgehead atoms. The predicted molar refractivity (Wildman–Crippen MR) is 67.0 cm³/mol. The lowest BCUT2D eigenvalue weighted by atomic mass is 10.1. The molecular weight excluding hydrogens is 232 g/mol. The van der Waals surface area contributed by atoms with Gasteiger partial charge in [0.1, 0.15) is 6.04 Å². The van der Waals surface area contributed by atoms with Crippen molar-refractivity contribution >= 4 is 17.6 Å². The lowest BCUT2D eigenvalue weighted by Crippen LogP contribution is -2.46. The van der Waals surface area contributed by atoms with E-state index in [-0.39, 0.29) is 11.9 Å². The first-order chi connectivity index (χ1) is 8.75. The Labute approximate surface area is 105 Å². The third kappa shape index (κ3) is 3.44. The molecule has 3 amide bonds. The highest BCUT2D eigenvalue weighted by atomic mass is 16.2. The van der Waals surface area contributed by atoms with Gasteiger partial charge in [-0.2, -0.15) is 0 Å². The Morgan fingerprint density at radius 2 is 2.11 bits per heavy atom. The van der Waals surface area contributed by atoms with Gasteiger partial charge in [0.25, 0.3) is 0 Å². The Balaban J connectivity index is 1.88. The van der Waals surface area contributed by atoms with Gasteiger partial charge in [-0.15, -0.1) is 0 Å². The van der Waals surface area contributed by atoms with Gasteiger partial charge in [0.05, 0.1) is 0 Å². The van der Waals surface area contributed by atoms with Gasteiger partial charge >= 0.3 is 6.03 Å². The third-order valence-electron chi connectivity index (χ3n) is 2.78. The van der Waals surface area contributed by atoms with E-state index < -0.39 is 6.04 Å². The molecule has 0 saturated carbocycles. The molecule has 0 spiro atoms. The number of pyridine rings is 1. The number of amides is 3. The number of aromatic nitrogens is 1. The molecule has 0 unspecified atom stereocenters. The minimum absolute atomic E-state index is 0.114. The van der Waals surface area contributed by atoms with Gasteiger partial charge in [-0.25, -0.2) is 4.79 Å². The fourth-order valence-electron chi connectivity index (χ4n) is 1.84. The van der Waals surface area contributed by atoms with Gasteiger partial charge < -0.3 is 16.0 Å². The van der Waals surface area contributed by atoms with E-state index >= 15 is 0 Å². The topological polar surface area (TPSA) is 83.1 Å². The van der Waals surface area contributed by atoms with Gasteiger partial charge in [-0.05, 0) is 31.4 Å². The molecule has 6 nitrogen and oxygen atoms in total. The molecule has 2 heterocycles. The van der Waals surface area contributed by atoms with Gasteiger partial charge in [-0.3, -0.25) is 9.78 Å². The molecule has 0 aliphatic carbocycles. The second kappa shape index (κ2) is 6.00. The van der Waals surface area contributed by atoms with Crippen LogP contribution in [0.2, 0.25) is 0 Å². The van der Waals surface area contributed by atoms with Crippen LogP contribution in [0.15, 0.2) is 24.5 Å². The summed E-state index contributed by atoms with van der Waals surface area (Å²) in [6.45, 7) is 0.684. The number of urea groups is 1. The van der Waals surface area contributed by atoms with Gasteiger partial charge in [0, 0.05) is 24.6 Å². The van der Waals surface area contributed by atoms with Crippen LogP contribution in [-0.4, -0.2) is 29.5 Å². The molecule has 96 valence electrons. The van der Waals surface area contributed by atoms with E-state index in [1.807, 2.05) is 0 Å². The van der Waals surface area contributed by atoms with E-state index in [0.29, 0.717) is 18.7 Å². The number of anilines is 1. The Bertz CT molecular complexity index is 421. The quantitative estimate of drug-likeness (QED) is 0.726. The first-order valence-electron chi connectivity index (χ1n) is 6.01. The van der Waals surface area contributed by atoms with Crippen molar-refractivity contribution in [3.63, 3.8) is 0 Å². The van der Waals surface area contributed by atoms with Crippen LogP contribution in [0.5, 0.6) is 0 Å². The SMILES string of the molecule is O=C(Nc1ccncc1)N[C@@H]1CCCCNC1=O. The summed E-state index contributed by atoms with van der Waals surface area (Å²) in [5, 5.41) is 8.11. The van der Waals surface area contributed by atoms with Crippen molar-refractivity contribution in [1.29, 1.82) is 0 Å². The van der Waals surface area contributed by atoms with Crippen LogP contribution in [0, 0.1) is 0 Å². The minimum atomic E-state index is -0.450. The number of hydrogen-bond acceptors (Lipinski definition) is 3. The Morgan fingerprint density at radius 3 is 2.89 bits per heavy atom. The smallest absolute Gasteiger partial charge is 0.319 e. The van der Waals surface area contributed by atoms with Crippen molar-refractivity contribution in [1.82, 2.24) is 15.6 Å². The van der Waals surface area contributed by atoms with Crippen LogP contribution in [0.1, 0.15) is 19.3 Å². The second-order valence-electron chi connectivity index (χ2n) is 4.17. The number of carbonyl (C=O) groups is 2. The number of carbonyl (C=O) groups excluding carboxylic acids is 2. The van der Waals surface area contributed by atoms with Crippen molar-refractivity contribution in [2.45, 2.75) is 25.3 Å². The Kier molecular flexibility index (Phi) is 4.11. The van der Waals surface area contributed by atoms with E-state index in [1.54, 1.807) is 24.5 Å². The number of nitrogens with one attached hydrogen (secondary N) is 3. The van der Waals surface area contributed by atoms with E-state index in [0.717, 1.165) is 12.8 Å². The lowest BCUT2D eigenvalue weighted by molar-refractivity contribution is -0.122. The van der Waals surface area contributed by atoms with Crippen LogP contribution in [-0.2, 0) is 4.79 Å². The lowest BCUT2D eigenvalue weighted by Gasteiger charge is -2.15. The molecule has 1 aliphatic heterocycles. The van der Waals surface area contributed by atoms with Crippen molar-refractivity contribution in [3.8, 4) is 0 Å². The monoisotopic (exact) mass is 248 g/mol. The molecule has 1 atom stereocenters. The molecular formula is C12H16N4O2. The van der Waals surface area contributed by atoms with Crippen LogP contribution in [0.25, 0.3) is 0 Å². The van der Waals surface area contributed by atoms with Crippen LogP contribution < -0.4 is 16.0 Å². The van der Waals surface area contributed by atoms with Gasteiger partial charge in [0.15, 0.2) is 0 Å². The summed E-state index contributed by atoms with van der Waals surface area (Å²) < 4.78 is 0. The number of hydrogen-bond donors (Lipinski definition) is 3. The maximum atomic E-state index is 11.7. The summed E-state index contributed by atoms with van der Waals surface area (Å²) in [4.78, 5) is 27.2. The van der Waals surface area contributed by atoms with E-state index in [4.69, 9.17) is 0 Å². The predicted octanol–water partition coefficient (Wildman–Crippen LogP) is 0.872. The summed E-state index contributed by atoms with van der Waals surface area (Å²) in [5.74, 6) is -0.114. The Morgan fingerprint density at radius 1 is 1.33 bits per heavy atom. The normalized spacial score (nSPS) is 19.6. The molecule has 1 fully saturated rings. The first-order valence-corrected chi connectivity index (χ1v) is 6.01.